The molecule has 4 heteroatoms. The molecule has 0 saturated heterocycles. The molecule has 0 radical (unpaired) electrons. The quantitative estimate of drug-likeness (QED) is 0.852. The highest BCUT2D eigenvalue weighted by Gasteiger charge is 2.30. The number of hydrogen-bond donors (Lipinski definition) is 1. The number of rotatable bonds is 2. The van der Waals surface area contributed by atoms with Gasteiger partial charge in [-0.15, -0.1) is 0 Å². The van der Waals surface area contributed by atoms with Gasteiger partial charge in [-0.3, -0.25) is 4.68 Å². The van der Waals surface area contributed by atoms with Gasteiger partial charge >= 0.3 is 0 Å². The second-order valence-electron chi connectivity index (χ2n) is 5.21. The van der Waals surface area contributed by atoms with E-state index in [9.17, 15) is 0 Å². The van der Waals surface area contributed by atoms with E-state index in [-0.39, 0.29) is 0 Å². The van der Waals surface area contributed by atoms with Gasteiger partial charge in [0.25, 0.3) is 0 Å². The van der Waals surface area contributed by atoms with Gasteiger partial charge in [0.1, 0.15) is 17.5 Å². The van der Waals surface area contributed by atoms with Crippen LogP contribution in [0, 0.1) is 30.1 Å². The molecule has 2 rings (SSSR count). The van der Waals surface area contributed by atoms with Crippen LogP contribution < -0.4 is 5.32 Å². The summed E-state index contributed by atoms with van der Waals surface area (Å²) in [6.07, 6.45) is 2.44. The predicted octanol–water partition coefficient (Wildman–Crippen LogP) is 2.45. The molecule has 1 aromatic rings. The third kappa shape index (κ3) is 2.02. The largest absolute Gasteiger partial charge is 0.366 e. The molecule has 1 fully saturated rings. The third-order valence-corrected chi connectivity index (χ3v) is 4.12. The Kier molecular flexibility index (Phi) is 3.10. The van der Waals surface area contributed by atoms with E-state index in [0.717, 1.165) is 17.4 Å². The van der Waals surface area contributed by atoms with Gasteiger partial charge in [-0.1, -0.05) is 13.8 Å². The van der Waals surface area contributed by atoms with Crippen molar-refractivity contribution in [3.8, 4) is 6.07 Å². The van der Waals surface area contributed by atoms with Crippen molar-refractivity contribution in [2.45, 2.75) is 39.7 Å². The summed E-state index contributed by atoms with van der Waals surface area (Å²) in [6, 6.07) is 2.70. The maximum atomic E-state index is 9.16. The number of nitriles is 1. The molecule has 3 unspecified atom stereocenters. The highest BCUT2D eigenvalue weighted by Crippen LogP contribution is 2.34. The van der Waals surface area contributed by atoms with Crippen molar-refractivity contribution >= 4 is 5.82 Å². The number of hydrogen-bond acceptors (Lipinski definition) is 3. The Balaban J connectivity index is 2.22. The van der Waals surface area contributed by atoms with Crippen LogP contribution in [-0.4, -0.2) is 15.8 Å². The minimum atomic E-state index is 0.465. The summed E-state index contributed by atoms with van der Waals surface area (Å²) in [5, 5.41) is 17.0. The topological polar surface area (TPSA) is 53.6 Å². The fourth-order valence-corrected chi connectivity index (χ4v) is 2.70. The molecule has 1 aromatic heterocycles. The Morgan fingerprint density at radius 3 is 2.65 bits per heavy atom. The number of anilines is 1. The molecule has 92 valence electrons. The summed E-state index contributed by atoms with van der Waals surface area (Å²) in [7, 11) is 1.89. The summed E-state index contributed by atoms with van der Waals surface area (Å²) < 4.78 is 1.78. The summed E-state index contributed by atoms with van der Waals surface area (Å²) in [6.45, 7) is 6.46. The maximum absolute atomic E-state index is 9.16. The Labute approximate surface area is 103 Å². The van der Waals surface area contributed by atoms with Crippen molar-refractivity contribution in [2.75, 3.05) is 5.32 Å². The average Bonchev–Trinajstić information content (AvgIpc) is 2.73. The third-order valence-electron chi connectivity index (χ3n) is 4.12. The van der Waals surface area contributed by atoms with Crippen LogP contribution in [0.25, 0.3) is 0 Å². The van der Waals surface area contributed by atoms with E-state index in [1.807, 2.05) is 14.0 Å². The molecule has 1 aliphatic carbocycles. The lowest BCUT2D eigenvalue weighted by Gasteiger charge is -2.20. The minimum Gasteiger partial charge on any atom is -0.366 e. The van der Waals surface area contributed by atoms with Crippen LogP contribution in [0.4, 0.5) is 5.82 Å². The molecule has 0 amide bonds. The second-order valence-corrected chi connectivity index (χ2v) is 5.21. The lowest BCUT2D eigenvalue weighted by molar-refractivity contribution is 0.434. The summed E-state index contributed by atoms with van der Waals surface area (Å²) in [5.41, 5.74) is 1.48. The molecule has 0 aliphatic heterocycles. The standard InChI is InChI=1S/C13H20N4/c1-8-5-6-12(9(8)2)15-13-11(7-14)10(3)16-17(13)4/h8-9,12,15H,5-6H2,1-4H3. The van der Waals surface area contributed by atoms with Gasteiger partial charge in [0.2, 0.25) is 0 Å². The molecular formula is C13H20N4. The smallest absolute Gasteiger partial charge is 0.142 e. The second kappa shape index (κ2) is 4.40. The molecule has 4 nitrogen and oxygen atoms in total. The molecule has 0 spiro atoms. The van der Waals surface area contributed by atoms with E-state index in [2.05, 4.69) is 30.3 Å². The van der Waals surface area contributed by atoms with Gasteiger partial charge in [0, 0.05) is 13.1 Å². The van der Waals surface area contributed by atoms with Crippen LogP contribution in [0.15, 0.2) is 0 Å². The van der Waals surface area contributed by atoms with E-state index in [1.165, 1.54) is 12.8 Å². The zero-order valence-electron chi connectivity index (χ0n) is 11.0. The van der Waals surface area contributed by atoms with Crippen LogP contribution in [-0.2, 0) is 7.05 Å². The molecule has 1 heterocycles. The number of aryl methyl sites for hydroxylation is 2. The molecule has 1 N–H and O–H groups in total. The van der Waals surface area contributed by atoms with Gasteiger partial charge in [0.05, 0.1) is 5.69 Å². The number of nitrogens with zero attached hydrogens (tertiary/aromatic N) is 3. The Morgan fingerprint density at radius 2 is 2.12 bits per heavy atom. The summed E-state index contributed by atoms with van der Waals surface area (Å²) in [5.74, 6) is 2.28. The van der Waals surface area contributed by atoms with Crippen LogP contribution in [0.2, 0.25) is 0 Å². The fraction of sp³-hybridized carbons (Fsp3) is 0.692. The zero-order chi connectivity index (χ0) is 12.6. The van der Waals surface area contributed by atoms with E-state index < -0.39 is 0 Å². The monoisotopic (exact) mass is 232 g/mol. The number of aromatic nitrogens is 2. The summed E-state index contributed by atoms with van der Waals surface area (Å²) >= 11 is 0. The van der Waals surface area contributed by atoms with Crippen LogP contribution in [0.1, 0.15) is 37.9 Å². The maximum Gasteiger partial charge on any atom is 0.142 e. The van der Waals surface area contributed by atoms with Crippen molar-refractivity contribution in [2.24, 2.45) is 18.9 Å². The molecule has 1 aliphatic rings. The first-order valence-corrected chi connectivity index (χ1v) is 6.24. The van der Waals surface area contributed by atoms with Crippen molar-refractivity contribution in [1.82, 2.24) is 9.78 Å². The van der Waals surface area contributed by atoms with Gasteiger partial charge in [-0.05, 0) is 31.6 Å². The Bertz CT molecular complexity index is 455. The van der Waals surface area contributed by atoms with E-state index in [0.29, 0.717) is 17.5 Å². The first-order chi connectivity index (χ1) is 8.04. The number of nitrogens with one attached hydrogen (secondary N) is 1. The fourth-order valence-electron chi connectivity index (χ4n) is 2.70. The van der Waals surface area contributed by atoms with Crippen LogP contribution in [0.5, 0.6) is 0 Å². The van der Waals surface area contributed by atoms with Gasteiger partial charge < -0.3 is 5.32 Å². The molecule has 0 bridgehead atoms. The molecule has 3 atom stereocenters. The minimum absolute atomic E-state index is 0.465. The van der Waals surface area contributed by atoms with Crippen molar-refractivity contribution in [1.29, 1.82) is 5.26 Å². The van der Waals surface area contributed by atoms with E-state index in [4.69, 9.17) is 5.26 Å². The van der Waals surface area contributed by atoms with Crippen molar-refractivity contribution in [3.05, 3.63) is 11.3 Å². The first kappa shape index (κ1) is 12.0. The lowest BCUT2D eigenvalue weighted by atomic mass is 9.98. The molecular weight excluding hydrogens is 212 g/mol. The van der Waals surface area contributed by atoms with Gasteiger partial charge in [-0.2, -0.15) is 10.4 Å². The van der Waals surface area contributed by atoms with Gasteiger partial charge in [0.15, 0.2) is 0 Å². The lowest BCUT2D eigenvalue weighted by Crippen LogP contribution is -2.25. The van der Waals surface area contributed by atoms with Crippen molar-refractivity contribution in [3.63, 3.8) is 0 Å². The first-order valence-electron chi connectivity index (χ1n) is 6.24. The SMILES string of the molecule is Cc1nn(C)c(NC2CCC(C)C2C)c1C#N. The van der Waals surface area contributed by atoms with Gasteiger partial charge in [-0.25, -0.2) is 0 Å². The summed E-state index contributed by atoms with van der Waals surface area (Å²) in [4.78, 5) is 0. The average molecular weight is 232 g/mol. The Morgan fingerprint density at radius 1 is 1.41 bits per heavy atom. The highest BCUT2D eigenvalue weighted by atomic mass is 15.3. The van der Waals surface area contributed by atoms with Crippen molar-refractivity contribution < 1.29 is 0 Å². The van der Waals surface area contributed by atoms with Crippen LogP contribution in [0.3, 0.4) is 0 Å². The van der Waals surface area contributed by atoms with Crippen LogP contribution >= 0.6 is 0 Å². The highest BCUT2D eigenvalue weighted by molar-refractivity contribution is 5.55. The zero-order valence-corrected chi connectivity index (χ0v) is 11.0. The normalized spacial score (nSPS) is 28.1. The van der Waals surface area contributed by atoms with E-state index >= 15 is 0 Å². The molecule has 17 heavy (non-hydrogen) atoms. The predicted molar refractivity (Wildman–Crippen MR) is 67.6 cm³/mol. The molecule has 0 aromatic carbocycles. The molecule has 1 saturated carbocycles. The van der Waals surface area contributed by atoms with E-state index in [1.54, 1.807) is 4.68 Å². The Hall–Kier alpha value is -1.50.